The van der Waals surface area contributed by atoms with E-state index in [1.807, 2.05) is 6.92 Å². The van der Waals surface area contributed by atoms with Crippen molar-refractivity contribution in [2.45, 2.75) is 32.7 Å². The van der Waals surface area contributed by atoms with Gasteiger partial charge in [-0.25, -0.2) is 0 Å². The minimum Gasteiger partial charge on any atom is -0.383 e. The highest BCUT2D eigenvalue weighted by Crippen LogP contribution is 2.16. The summed E-state index contributed by atoms with van der Waals surface area (Å²) in [4.78, 5) is 7.19. The van der Waals surface area contributed by atoms with E-state index in [2.05, 4.69) is 22.5 Å². The third-order valence-electron chi connectivity index (χ3n) is 3.63. The first kappa shape index (κ1) is 18.2. The quantitative estimate of drug-likeness (QED) is 0.353. The van der Waals surface area contributed by atoms with Crippen LogP contribution in [0.4, 0.5) is 0 Å². The maximum Gasteiger partial charge on any atom is 0.191 e. The molecule has 1 saturated heterocycles. The van der Waals surface area contributed by atoms with Crippen molar-refractivity contribution in [3.05, 3.63) is 0 Å². The van der Waals surface area contributed by atoms with E-state index in [9.17, 15) is 0 Å². The molecular weight excluding hydrogens is 268 g/mol. The Bertz CT molecular complexity index is 287. The van der Waals surface area contributed by atoms with Crippen molar-refractivity contribution in [2.75, 3.05) is 59.7 Å². The summed E-state index contributed by atoms with van der Waals surface area (Å²) in [6.07, 6.45) is 2.49. The van der Waals surface area contributed by atoms with Crippen LogP contribution in [0, 0.1) is 0 Å². The van der Waals surface area contributed by atoms with E-state index in [1.54, 1.807) is 7.11 Å². The van der Waals surface area contributed by atoms with Gasteiger partial charge >= 0.3 is 0 Å². The first-order chi connectivity index (χ1) is 10.3. The van der Waals surface area contributed by atoms with Crippen molar-refractivity contribution in [2.24, 2.45) is 4.99 Å². The predicted octanol–water partition coefficient (Wildman–Crippen LogP) is 0.689. The Labute approximate surface area is 129 Å². The molecule has 0 aromatic carbocycles. The van der Waals surface area contributed by atoms with Gasteiger partial charge in [-0.05, 0) is 33.2 Å². The van der Waals surface area contributed by atoms with Gasteiger partial charge in [0.05, 0.1) is 19.8 Å². The molecule has 1 heterocycles. The molecule has 0 bridgehead atoms. The van der Waals surface area contributed by atoms with Crippen molar-refractivity contribution < 1.29 is 9.47 Å². The number of methoxy groups -OCH3 is 1. The molecule has 1 aliphatic heterocycles. The van der Waals surface area contributed by atoms with E-state index in [1.165, 1.54) is 12.8 Å². The monoisotopic (exact) mass is 300 g/mol. The zero-order valence-electron chi connectivity index (χ0n) is 13.9. The number of likely N-dealkylation sites (tertiary alicyclic amines) is 1. The highest BCUT2D eigenvalue weighted by atomic mass is 16.5. The second kappa shape index (κ2) is 11.8. The van der Waals surface area contributed by atoms with Crippen LogP contribution in [0.25, 0.3) is 0 Å². The molecule has 21 heavy (non-hydrogen) atoms. The molecule has 1 aliphatic rings. The molecule has 6 nitrogen and oxygen atoms in total. The van der Waals surface area contributed by atoms with Gasteiger partial charge in [0.1, 0.15) is 0 Å². The zero-order chi connectivity index (χ0) is 15.3. The lowest BCUT2D eigenvalue weighted by molar-refractivity contribution is 0.142. The molecule has 0 amide bonds. The summed E-state index contributed by atoms with van der Waals surface area (Å²) in [5.74, 6) is 0.885. The molecule has 6 heteroatoms. The van der Waals surface area contributed by atoms with Gasteiger partial charge in [-0.1, -0.05) is 0 Å². The van der Waals surface area contributed by atoms with Crippen LogP contribution in [0.1, 0.15) is 26.7 Å². The van der Waals surface area contributed by atoms with Crippen molar-refractivity contribution in [3.63, 3.8) is 0 Å². The van der Waals surface area contributed by atoms with Crippen LogP contribution < -0.4 is 10.6 Å². The van der Waals surface area contributed by atoms with Crippen LogP contribution >= 0.6 is 0 Å². The van der Waals surface area contributed by atoms with Gasteiger partial charge in [0.2, 0.25) is 0 Å². The molecule has 1 rings (SSSR count). The number of nitrogens with zero attached hydrogens (tertiary/aromatic N) is 2. The molecular formula is C15H32N4O2. The summed E-state index contributed by atoms with van der Waals surface area (Å²) in [5, 5.41) is 6.59. The molecule has 0 spiro atoms. The summed E-state index contributed by atoms with van der Waals surface area (Å²) in [6, 6.07) is 0.544. The van der Waals surface area contributed by atoms with Crippen LogP contribution in [-0.2, 0) is 9.47 Å². The van der Waals surface area contributed by atoms with E-state index in [0.29, 0.717) is 12.6 Å². The standard InChI is InChI=1S/C15H32N4O2/c1-4-16-15(17-8-11-21-5-2)18-13-14-7-6-9-19(14)10-12-20-3/h14H,4-13H2,1-3H3,(H2,16,17,18). The van der Waals surface area contributed by atoms with E-state index in [-0.39, 0.29) is 0 Å². The number of nitrogens with one attached hydrogen (secondary N) is 2. The Morgan fingerprint density at radius 1 is 1.29 bits per heavy atom. The van der Waals surface area contributed by atoms with Crippen molar-refractivity contribution in [3.8, 4) is 0 Å². The fourth-order valence-electron chi connectivity index (χ4n) is 2.53. The Morgan fingerprint density at radius 3 is 2.86 bits per heavy atom. The normalized spacial score (nSPS) is 20.0. The highest BCUT2D eigenvalue weighted by molar-refractivity contribution is 5.79. The number of hydrogen-bond donors (Lipinski definition) is 2. The van der Waals surface area contributed by atoms with Gasteiger partial charge in [-0.2, -0.15) is 0 Å². The summed E-state index contributed by atoms with van der Waals surface area (Å²) < 4.78 is 10.5. The minimum atomic E-state index is 0.544. The number of guanidine groups is 1. The largest absolute Gasteiger partial charge is 0.383 e. The lowest BCUT2D eigenvalue weighted by Gasteiger charge is -2.23. The van der Waals surface area contributed by atoms with Crippen molar-refractivity contribution in [1.82, 2.24) is 15.5 Å². The summed E-state index contributed by atoms with van der Waals surface area (Å²) >= 11 is 0. The number of ether oxygens (including phenoxy) is 2. The van der Waals surface area contributed by atoms with Gasteiger partial charge in [0.25, 0.3) is 0 Å². The third-order valence-corrected chi connectivity index (χ3v) is 3.63. The van der Waals surface area contributed by atoms with E-state index >= 15 is 0 Å². The lowest BCUT2D eigenvalue weighted by atomic mass is 10.2. The third kappa shape index (κ3) is 7.64. The van der Waals surface area contributed by atoms with Gasteiger partial charge in [0, 0.05) is 39.4 Å². The number of hydrogen-bond acceptors (Lipinski definition) is 4. The summed E-state index contributed by atoms with van der Waals surface area (Å²) in [7, 11) is 1.76. The van der Waals surface area contributed by atoms with E-state index in [4.69, 9.17) is 14.5 Å². The lowest BCUT2D eigenvalue weighted by Crippen LogP contribution is -2.41. The Balaban J connectivity index is 2.36. The molecule has 0 aromatic rings. The van der Waals surface area contributed by atoms with Gasteiger partial charge < -0.3 is 20.1 Å². The molecule has 0 radical (unpaired) electrons. The second-order valence-corrected chi connectivity index (χ2v) is 5.17. The smallest absolute Gasteiger partial charge is 0.191 e. The molecule has 0 saturated carbocycles. The number of aliphatic imine (C=N–C) groups is 1. The SMILES string of the molecule is CCNC(=NCC1CCCN1CCOC)NCCOCC. The zero-order valence-corrected chi connectivity index (χ0v) is 13.9. The molecule has 0 aromatic heterocycles. The Kier molecular flexibility index (Phi) is 10.2. The van der Waals surface area contributed by atoms with Crippen molar-refractivity contribution >= 4 is 5.96 Å². The minimum absolute atomic E-state index is 0.544. The van der Waals surface area contributed by atoms with Crippen LogP contribution in [0.5, 0.6) is 0 Å². The van der Waals surface area contributed by atoms with Gasteiger partial charge in [-0.15, -0.1) is 0 Å². The molecule has 0 aliphatic carbocycles. The summed E-state index contributed by atoms with van der Waals surface area (Å²) in [6.45, 7) is 11.0. The van der Waals surface area contributed by atoms with Crippen molar-refractivity contribution in [1.29, 1.82) is 0 Å². The number of rotatable bonds is 10. The van der Waals surface area contributed by atoms with Crippen LogP contribution in [0.3, 0.4) is 0 Å². The first-order valence-corrected chi connectivity index (χ1v) is 8.14. The predicted molar refractivity (Wildman–Crippen MR) is 86.9 cm³/mol. The van der Waals surface area contributed by atoms with E-state index < -0.39 is 0 Å². The topological polar surface area (TPSA) is 58.1 Å². The Hall–Kier alpha value is -0.850. The fraction of sp³-hybridized carbons (Fsp3) is 0.933. The average molecular weight is 300 g/mol. The first-order valence-electron chi connectivity index (χ1n) is 8.14. The van der Waals surface area contributed by atoms with Crippen LogP contribution in [0.2, 0.25) is 0 Å². The highest BCUT2D eigenvalue weighted by Gasteiger charge is 2.23. The van der Waals surface area contributed by atoms with Gasteiger partial charge in [-0.3, -0.25) is 9.89 Å². The maximum absolute atomic E-state index is 5.33. The summed E-state index contributed by atoms with van der Waals surface area (Å²) in [5.41, 5.74) is 0. The van der Waals surface area contributed by atoms with Crippen LogP contribution in [0.15, 0.2) is 4.99 Å². The van der Waals surface area contributed by atoms with Gasteiger partial charge in [0.15, 0.2) is 5.96 Å². The van der Waals surface area contributed by atoms with Crippen LogP contribution in [-0.4, -0.2) is 76.6 Å². The molecule has 1 atom stereocenters. The second-order valence-electron chi connectivity index (χ2n) is 5.17. The molecule has 1 unspecified atom stereocenters. The van der Waals surface area contributed by atoms with E-state index in [0.717, 1.165) is 51.9 Å². The molecule has 124 valence electrons. The molecule has 1 fully saturated rings. The maximum atomic E-state index is 5.33. The Morgan fingerprint density at radius 2 is 2.14 bits per heavy atom. The molecule has 2 N–H and O–H groups in total. The average Bonchev–Trinajstić information content (AvgIpc) is 2.94. The fourth-order valence-corrected chi connectivity index (χ4v) is 2.53.